The lowest BCUT2D eigenvalue weighted by Crippen LogP contribution is -2.06. The molecule has 2 nitrogen and oxygen atoms in total. The van der Waals surface area contributed by atoms with Crippen LogP contribution in [0.1, 0.15) is 21.6 Å². The average molecular weight is 576 g/mol. The van der Waals surface area contributed by atoms with Gasteiger partial charge in [-0.05, 0) is 76.1 Å². The van der Waals surface area contributed by atoms with Gasteiger partial charge in [0, 0.05) is 0 Å². The lowest BCUT2D eigenvalue weighted by molar-refractivity contribution is -0.134. The Morgan fingerprint density at radius 1 is 0.909 bits per heavy atom. The van der Waals surface area contributed by atoms with E-state index in [2.05, 4.69) is 15.9 Å². The largest absolute Gasteiger partial charge is 0.496 e. The Labute approximate surface area is 203 Å². The fourth-order valence-electron chi connectivity index (χ4n) is 2.79. The monoisotopic (exact) mass is 574 g/mol. The molecule has 1 aromatic heterocycles. The van der Waals surface area contributed by atoms with E-state index in [4.69, 9.17) is 21.1 Å². The number of fused-ring (bicyclic) bond motifs is 1. The van der Waals surface area contributed by atoms with Crippen molar-refractivity contribution in [1.29, 1.82) is 0 Å². The summed E-state index contributed by atoms with van der Waals surface area (Å²) in [6.07, 6.45) is -7.97. The number of rotatable bonds is 3. The Morgan fingerprint density at radius 2 is 1.45 bits per heavy atom. The molecule has 0 bridgehead atoms. The van der Waals surface area contributed by atoms with Gasteiger partial charge in [-0.25, -0.2) is 0 Å². The van der Waals surface area contributed by atoms with Crippen LogP contribution in [-0.2, 0) is 6.18 Å². The Hall–Kier alpha value is -1.91. The molecule has 0 saturated heterocycles. The minimum absolute atomic E-state index is 0.323. The molecule has 180 valence electrons. The highest BCUT2D eigenvalue weighted by molar-refractivity contribution is 9.10. The van der Waals surface area contributed by atoms with Gasteiger partial charge in [-0.2, -0.15) is 26.3 Å². The molecule has 0 saturated carbocycles. The van der Waals surface area contributed by atoms with E-state index in [1.54, 1.807) is 31.2 Å². The highest BCUT2D eigenvalue weighted by Crippen LogP contribution is 2.42. The molecule has 0 spiro atoms. The number of methoxy groups -OCH3 is 2. The van der Waals surface area contributed by atoms with Gasteiger partial charge in [0.25, 0.3) is 0 Å². The van der Waals surface area contributed by atoms with Crippen LogP contribution in [0.3, 0.4) is 0 Å². The number of benzene rings is 2. The summed E-state index contributed by atoms with van der Waals surface area (Å²) in [5.41, 5.74) is 1.99. The fraction of sp³-hybridized carbons (Fsp3) is 0.273. The lowest BCUT2D eigenvalue weighted by atomic mass is 10.1. The van der Waals surface area contributed by atoms with E-state index in [1.807, 2.05) is 6.92 Å². The summed E-state index contributed by atoms with van der Waals surface area (Å²) >= 11 is 9.08. The first-order valence-electron chi connectivity index (χ1n) is 9.11. The van der Waals surface area contributed by atoms with Crippen molar-refractivity contribution >= 4 is 55.0 Å². The van der Waals surface area contributed by atoms with Gasteiger partial charge in [-0.3, -0.25) is 0 Å². The standard InChI is InChI=1S/C11H9BrClF3O.C11H9F3OS/c1-6-3-7(5-9(13)11(14,15)16)10(12)8(4-6)17-2;1-6-3-7-5-9(11(12,13)14)16-10(7)8(4-6)15-2/h3-5H,1-2H3;3-5H,1-2H3/b9-5-;. The minimum Gasteiger partial charge on any atom is -0.496 e. The van der Waals surface area contributed by atoms with Crippen molar-refractivity contribution in [3.8, 4) is 11.5 Å². The van der Waals surface area contributed by atoms with Crippen LogP contribution in [0.25, 0.3) is 16.2 Å². The summed E-state index contributed by atoms with van der Waals surface area (Å²) in [5.74, 6) is 0.957. The zero-order valence-corrected chi connectivity index (χ0v) is 20.9. The first kappa shape index (κ1) is 27.3. The van der Waals surface area contributed by atoms with Crippen LogP contribution in [0.4, 0.5) is 26.3 Å². The third kappa shape index (κ3) is 7.04. The van der Waals surface area contributed by atoms with Gasteiger partial charge in [0.1, 0.15) is 21.4 Å². The third-order valence-corrected chi connectivity index (χ3v) is 6.59. The predicted molar refractivity (Wildman–Crippen MR) is 123 cm³/mol. The first-order chi connectivity index (χ1) is 15.2. The number of ether oxygens (including phenoxy) is 2. The molecule has 0 fully saturated rings. The zero-order chi connectivity index (χ0) is 25.1. The third-order valence-electron chi connectivity index (χ3n) is 4.21. The van der Waals surface area contributed by atoms with E-state index in [1.165, 1.54) is 14.2 Å². The molecular formula is C22H18BrClF6O2S. The molecule has 0 aliphatic carbocycles. The Kier molecular flexibility index (Phi) is 8.75. The molecule has 0 atom stereocenters. The number of hydrogen-bond acceptors (Lipinski definition) is 3. The number of aryl methyl sites for hydroxylation is 2. The van der Waals surface area contributed by atoms with E-state index >= 15 is 0 Å². The van der Waals surface area contributed by atoms with Crippen LogP contribution in [0.2, 0.25) is 0 Å². The molecular weight excluding hydrogens is 558 g/mol. The van der Waals surface area contributed by atoms with E-state index in [0.29, 0.717) is 43.0 Å². The van der Waals surface area contributed by atoms with Gasteiger partial charge < -0.3 is 9.47 Å². The summed E-state index contributed by atoms with van der Waals surface area (Å²) in [6, 6.07) is 7.92. The molecule has 2 aromatic carbocycles. The maximum absolute atomic E-state index is 12.5. The summed E-state index contributed by atoms with van der Waals surface area (Å²) in [6.45, 7) is 3.58. The molecule has 11 heteroatoms. The van der Waals surface area contributed by atoms with Crippen molar-refractivity contribution in [2.75, 3.05) is 14.2 Å². The number of halogens is 8. The summed E-state index contributed by atoms with van der Waals surface area (Å²) in [7, 11) is 2.90. The van der Waals surface area contributed by atoms with Gasteiger partial charge in [-0.1, -0.05) is 23.7 Å². The van der Waals surface area contributed by atoms with Crippen LogP contribution >= 0.6 is 38.9 Å². The van der Waals surface area contributed by atoms with Crippen LogP contribution in [-0.4, -0.2) is 20.4 Å². The van der Waals surface area contributed by atoms with Gasteiger partial charge in [0.15, 0.2) is 0 Å². The molecule has 0 aliphatic heterocycles. The predicted octanol–water partition coefficient (Wildman–Crippen LogP) is 9.15. The summed E-state index contributed by atoms with van der Waals surface area (Å²) in [4.78, 5) is -0.591. The van der Waals surface area contributed by atoms with E-state index < -0.39 is 22.3 Å². The van der Waals surface area contributed by atoms with Crippen LogP contribution < -0.4 is 9.47 Å². The van der Waals surface area contributed by atoms with Gasteiger partial charge in [0.2, 0.25) is 0 Å². The van der Waals surface area contributed by atoms with Crippen LogP contribution in [0, 0.1) is 13.8 Å². The maximum atomic E-state index is 12.5. The minimum atomic E-state index is -4.54. The number of allylic oxidation sites excluding steroid dienone is 1. The number of alkyl halides is 6. The van der Waals surface area contributed by atoms with Gasteiger partial charge in [0.05, 0.1) is 23.4 Å². The molecule has 0 amide bonds. The molecule has 0 radical (unpaired) electrons. The topological polar surface area (TPSA) is 18.5 Å². The number of thiophene rings is 1. The molecule has 33 heavy (non-hydrogen) atoms. The summed E-state index contributed by atoms with van der Waals surface area (Å²) < 4.78 is 85.6. The second-order valence-electron chi connectivity index (χ2n) is 6.85. The average Bonchev–Trinajstić information content (AvgIpc) is 3.14. The lowest BCUT2D eigenvalue weighted by Gasteiger charge is -2.09. The smallest absolute Gasteiger partial charge is 0.426 e. The maximum Gasteiger partial charge on any atom is 0.426 e. The molecule has 1 heterocycles. The van der Waals surface area contributed by atoms with Gasteiger partial charge in [-0.15, -0.1) is 11.3 Å². The highest BCUT2D eigenvalue weighted by Gasteiger charge is 2.33. The van der Waals surface area contributed by atoms with Crippen molar-refractivity contribution in [2.24, 2.45) is 0 Å². The van der Waals surface area contributed by atoms with Crippen LogP contribution in [0.5, 0.6) is 11.5 Å². The fourth-order valence-corrected chi connectivity index (χ4v) is 4.41. The molecule has 0 aliphatic rings. The Balaban J connectivity index is 0.000000234. The molecule has 0 unspecified atom stereocenters. The van der Waals surface area contributed by atoms with Crippen molar-refractivity contribution in [2.45, 2.75) is 26.2 Å². The number of hydrogen-bond donors (Lipinski definition) is 0. The highest BCUT2D eigenvalue weighted by atomic mass is 79.9. The second-order valence-corrected chi connectivity index (χ2v) is 9.11. The molecule has 0 N–H and O–H groups in total. The van der Waals surface area contributed by atoms with Crippen molar-refractivity contribution in [3.05, 3.63) is 61.4 Å². The second kappa shape index (κ2) is 10.6. The van der Waals surface area contributed by atoms with Crippen LogP contribution in [0.15, 0.2) is 39.8 Å². The van der Waals surface area contributed by atoms with E-state index in [0.717, 1.165) is 23.3 Å². The van der Waals surface area contributed by atoms with Crippen molar-refractivity contribution in [3.63, 3.8) is 0 Å². The van der Waals surface area contributed by atoms with Crippen molar-refractivity contribution in [1.82, 2.24) is 0 Å². The van der Waals surface area contributed by atoms with E-state index in [-0.39, 0.29) is 0 Å². The normalized spacial score (nSPS) is 12.4. The summed E-state index contributed by atoms with van der Waals surface area (Å²) in [5, 5.41) is -0.597. The Morgan fingerprint density at radius 3 is 1.97 bits per heavy atom. The molecule has 3 rings (SSSR count). The van der Waals surface area contributed by atoms with E-state index in [9.17, 15) is 26.3 Å². The molecule has 3 aromatic rings. The zero-order valence-electron chi connectivity index (χ0n) is 17.7. The van der Waals surface area contributed by atoms with Crippen molar-refractivity contribution < 1.29 is 35.8 Å². The first-order valence-corrected chi connectivity index (χ1v) is 11.1. The Bertz CT molecular complexity index is 1170. The SMILES string of the molecule is COc1cc(C)cc(/C=C(\Cl)C(F)(F)F)c1Br.COc1cc(C)cc2cc(C(F)(F)F)sc12. The quantitative estimate of drug-likeness (QED) is 0.290. The van der Waals surface area contributed by atoms with Gasteiger partial charge >= 0.3 is 12.4 Å².